The van der Waals surface area contributed by atoms with Gasteiger partial charge in [-0.25, -0.2) is 8.42 Å². The van der Waals surface area contributed by atoms with Crippen LogP contribution in [-0.4, -0.2) is 51.7 Å². The van der Waals surface area contributed by atoms with E-state index < -0.39 is 16.1 Å². The van der Waals surface area contributed by atoms with Gasteiger partial charge in [0.25, 0.3) is 0 Å². The van der Waals surface area contributed by atoms with Crippen LogP contribution in [0.3, 0.4) is 0 Å². The van der Waals surface area contributed by atoms with Crippen molar-refractivity contribution >= 4 is 33.2 Å². The summed E-state index contributed by atoms with van der Waals surface area (Å²) in [5.74, 6) is 0.227. The first-order chi connectivity index (χ1) is 11.7. The number of hydrogen-bond donors (Lipinski definition) is 0. The average molecular weight is 389 g/mol. The van der Waals surface area contributed by atoms with E-state index in [4.69, 9.17) is 16.3 Å². The Morgan fingerprint density at radius 1 is 1.32 bits per heavy atom. The van der Waals surface area contributed by atoms with E-state index in [0.717, 1.165) is 36.2 Å². The zero-order valence-corrected chi connectivity index (χ0v) is 16.6. The number of carbonyl (C=O) groups is 1. The third-order valence-corrected chi connectivity index (χ3v) is 6.21. The van der Waals surface area contributed by atoms with Gasteiger partial charge in [-0.1, -0.05) is 24.4 Å². The molecule has 1 aromatic carbocycles. The smallest absolute Gasteiger partial charge is 0.246 e. The van der Waals surface area contributed by atoms with Crippen molar-refractivity contribution in [3.63, 3.8) is 0 Å². The predicted octanol–water partition coefficient (Wildman–Crippen LogP) is 2.90. The Hall–Kier alpha value is -1.47. The highest BCUT2D eigenvalue weighted by atomic mass is 35.5. The van der Waals surface area contributed by atoms with E-state index >= 15 is 0 Å². The van der Waals surface area contributed by atoms with Gasteiger partial charge >= 0.3 is 0 Å². The number of methoxy groups -OCH3 is 1. The molecule has 1 aliphatic carbocycles. The molecular formula is C17H25ClN2O4S. The van der Waals surface area contributed by atoms with Crippen LogP contribution in [0.4, 0.5) is 5.69 Å². The number of amides is 1. The predicted molar refractivity (Wildman–Crippen MR) is 99.8 cm³/mol. The lowest BCUT2D eigenvalue weighted by molar-refractivity contribution is -0.132. The summed E-state index contributed by atoms with van der Waals surface area (Å²) in [6.07, 6.45) is 5.20. The van der Waals surface area contributed by atoms with Gasteiger partial charge in [-0.3, -0.25) is 9.10 Å². The van der Waals surface area contributed by atoms with E-state index in [2.05, 4.69) is 0 Å². The molecule has 0 saturated heterocycles. The van der Waals surface area contributed by atoms with Crippen molar-refractivity contribution in [2.24, 2.45) is 0 Å². The molecule has 1 atom stereocenters. The molecule has 140 valence electrons. The SMILES string of the molecule is COc1ccc(N([C@H](C)C(=O)N(C)C2CCCC2)S(C)(=O)=O)cc1Cl. The first kappa shape index (κ1) is 19.8. The van der Waals surface area contributed by atoms with Gasteiger partial charge in [0.2, 0.25) is 15.9 Å². The number of carbonyl (C=O) groups excluding carboxylic acids is 1. The zero-order valence-electron chi connectivity index (χ0n) is 15.0. The molecular weight excluding hydrogens is 364 g/mol. The monoisotopic (exact) mass is 388 g/mol. The van der Waals surface area contributed by atoms with E-state index in [9.17, 15) is 13.2 Å². The van der Waals surface area contributed by atoms with Crippen LogP contribution >= 0.6 is 11.6 Å². The summed E-state index contributed by atoms with van der Waals surface area (Å²) in [5, 5.41) is 0.289. The first-order valence-corrected chi connectivity index (χ1v) is 10.5. The molecule has 0 N–H and O–H groups in total. The average Bonchev–Trinajstić information content (AvgIpc) is 3.06. The van der Waals surface area contributed by atoms with Crippen LogP contribution in [0.2, 0.25) is 5.02 Å². The lowest BCUT2D eigenvalue weighted by Gasteiger charge is -2.33. The number of likely N-dealkylation sites (N-methyl/N-ethyl adjacent to an activating group) is 1. The molecule has 0 aromatic heterocycles. The van der Waals surface area contributed by atoms with E-state index in [1.54, 1.807) is 31.0 Å². The number of benzene rings is 1. The molecule has 1 fully saturated rings. The summed E-state index contributed by atoms with van der Waals surface area (Å²) in [6, 6.07) is 4.00. The highest BCUT2D eigenvalue weighted by Crippen LogP contribution is 2.32. The summed E-state index contributed by atoms with van der Waals surface area (Å²) in [5.41, 5.74) is 0.342. The van der Waals surface area contributed by atoms with Crippen LogP contribution in [0.1, 0.15) is 32.6 Å². The Morgan fingerprint density at radius 2 is 1.92 bits per heavy atom. The molecule has 6 nitrogen and oxygen atoms in total. The molecule has 2 rings (SSSR count). The van der Waals surface area contributed by atoms with Crippen molar-refractivity contribution in [3.8, 4) is 5.75 Å². The molecule has 8 heteroatoms. The molecule has 1 aliphatic rings. The minimum absolute atomic E-state index is 0.177. The zero-order chi connectivity index (χ0) is 18.8. The number of ether oxygens (including phenoxy) is 1. The lowest BCUT2D eigenvalue weighted by atomic mass is 10.2. The number of halogens is 1. The summed E-state index contributed by atoms with van der Waals surface area (Å²) in [4.78, 5) is 14.5. The molecule has 0 unspecified atom stereocenters. The molecule has 1 aromatic rings. The maximum atomic E-state index is 12.9. The number of sulfonamides is 1. The lowest BCUT2D eigenvalue weighted by Crippen LogP contribution is -2.50. The minimum atomic E-state index is -3.67. The van der Waals surface area contributed by atoms with Crippen molar-refractivity contribution < 1.29 is 17.9 Å². The van der Waals surface area contributed by atoms with Crippen LogP contribution in [-0.2, 0) is 14.8 Å². The quantitative estimate of drug-likeness (QED) is 0.751. The summed E-state index contributed by atoms with van der Waals surface area (Å²) < 4.78 is 31.0. The molecule has 1 amide bonds. The second-order valence-electron chi connectivity index (χ2n) is 6.44. The number of nitrogens with zero attached hydrogens (tertiary/aromatic N) is 2. The van der Waals surface area contributed by atoms with Crippen molar-refractivity contribution in [2.75, 3.05) is 24.7 Å². The normalized spacial score (nSPS) is 16.5. The maximum Gasteiger partial charge on any atom is 0.246 e. The van der Waals surface area contributed by atoms with Crippen LogP contribution in [0.25, 0.3) is 0 Å². The summed E-state index contributed by atoms with van der Waals surface area (Å²) in [7, 11) is -0.439. The standard InChI is InChI=1S/C17H25ClN2O4S/c1-12(17(21)19(2)13-7-5-6-8-13)20(25(4,22)23)14-9-10-16(24-3)15(18)11-14/h9-13H,5-8H2,1-4H3/t12-/m1/s1. The first-order valence-electron chi connectivity index (χ1n) is 8.26. The number of hydrogen-bond acceptors (Lipinski definition) is 4. The minimum Gasteiger partial charge on any atom is -0.495 e. The largest absolute Gasteiger partial charge is 0.495 e. The van der Waals surface area contributed by atoms with E-state index in [1.165, 1.54) is 13.2 Å². The second-order valence-corrected chi connectivity index (χ2v) is 8.71. The Labute approximate surface area is 154 Å². The van der Waals surface area contributed by atoms with Gasteiger partial charge in [0, 0.05) is 13.1 Å². The van der Waals surface area contributed by atoms with Crippen LogP contribution in [0.15, 0.2) is 18.2 Å². The van der Waals surface area contributed by atoms with E-state index in [0.29, 0.717) is 11.4 Å². The molecule has 0 radical (unpaired) electrons. The van der Waals surface area contributed by atoms with Gasteiger partial charge in [0.05, 0.1) is 24.1 Å². The third-order valence-electron chi connectivity index (χ3n) is 4.68. The Kier molecular flexibility index (Phi) is 6.21. The van der Waals surface area contributed by atoms with Gasteiger partial charge in [0.1, 0.15) is 11.8 Å². The van der Waals surface area contributed by atoms with Gasteiger partial charge in [-0.05, 0) is 38.0 Å². The Morgan fingerprint density at radius 3 is 2.40 bits per heavy atom. The Balaban J connectivity index is 2.34. The van der Waals surface area contributed by atoms with Crippen molar-refractivity contribution in [1.82, 2.24) is 4.90 Å². The number of rotatable bonds is 6. The topological polar surface area (TPSA) is 66.9 Å². The van der Waals surface area contributed by atoms with Crippen LogP contribution < -0.4 is 9.04 Å². The molecule has 0 spiro atoms. The highest BCUT2D eigenvalue weighted by Gasteiger charge is 2.34. The maximum absolute atomic E-state index is 12.9. The highest BCUT2D eigenvalue weighted by molar-refractivity contribution is 7.92. The molecule has 0 aliphatic heterocycles. The van der Waals surface area contributed by atoms with Crippen molar-refractivity contribution in [2.45, 2.75) is 44.7 Å². The van der Waals surface area contributed by atoms with Crippen molar-refractivity contribution in [3.05, 3.63) is 23.2 Å². The fourth-order valence-electron chi connectivity index (χ4n) is 3.36. The van der Waals surface area contributed by atoms with Gasteiger partial charge in [0.15, 0.2) is 0 Å². The molecule has 0 bridgehead atoms. The third kappa shape index (κ3) is 4.39. The van der Waals surface area contributed by atoms with E-state index in [-0.39, 0.29) is 17.0 Å². The Bertz CT molecular complexity index is 732. The second kappa shape index (κ2) is 7.83. The van der Waals surface area contributed by atoms with Crippen LogP contribution in [0, 0.1) is 0 Å². The van der Waals surface area contributed by atoms with Gasteiger partial charge < -0.3 is 9.64 Å². The van der Waals surface area contributed by atoms with Crippen molar-refractivity contribution in [1.29, 1.82) is 0 Å². The van der Waals surface area contributed by atoms with Gasteiger partial charge in [-0.15, -0.1) is 0 Å². The van der Waals surface area contributed by atoms with Crippen LogP contribution in [0.5, 0.6) is 5.75 Å². The summed E-state index contributed by atoms with van der Waals surface area (Å²) >= 11 is 6.13. The molecule has 0 heterocycles. The fourth-order valence-corrected chi connectivity index (χ4v) is 4.77. The molecule has 1 saturated carbocycles. The van der Waals surface area contributed by atoms with Gasteiger partial charge in [-0.2, -0.15) is 0 Å². The van der Waals surface area contributed by atoms with E-state index in [1.807, 2.05) is 0 Å². The fraction of sp³-hybridized carbons (Fsp3) is 0.588. The molecule has 25 heavy (non-hydrogen) atoms. The summed E-state index contributed by atoms with van der Waals surface area (Å²) in [6.45, 7) is 1.60. The number of anilines is 1.